The second-order valence-corrected chi connectivity index (χ2v) is 20.7. The van der Waals surface area contributed by atoms with Crippen molar-refractivity contribution in [2.45, 2.75) is 100 Å². The van der Waals surface area contributed by atoms with Crippen LogP contribution in [0, 0.1) is 29.1 Å². The highest BCUT2D eigenvalue weighted by atomic mass is 16.6. The second-order valence-electron chi connectivity index (χ2n) is 20.7. The molecular formula is C54H62O20. The van der Waals surface area contributed by atoms with Crippen molar-refractivity contribution in [3.05, 3.63) is 97.2 Å². The lowest BCUT2D eigenvalue weighted by Crippen LogP contribution is -2.50. The molecule has 12 atom stereocenters. The predicted molar refractivity (Wildman–Crippen MR) is 254 cm³/mol. The largest absolute Gasteiger partial charge is 0.464 e. The fourth-order valence-electron chi connectivity index (χ4n) is 10.3. The van der Waals surface area contributed by atoms with Crippen LogP contribution in [0.25, 0.3) is 0 Å². The zero-order valence-corrected chi connectivity index (χ0v) is 41.9. The molecular weight excluding hydrogens is 969 g/mol. The van der Waals surface area contributed by atoms with Gasteiger partial charge in [-0.3, -0.25) is 24.0 Å². The smallest absolute Gasteiger partial charge is 0.333 e. The highest BCUT2D eigenvalue weighted by Crippen LogP contribution is 2.48. The predicted octanol–water partition coefficient (Wildman–Crippen LogP) is 3.52. The standard InChI is InChI=1S/C54H62O20/c1-30(2)42(55)21-63-26-51-13-9-34(71-51)17-38(51)46(59)64-22-50(23-65-47(60)39-18-35-10-14-52(39,72-35)27-68-43(56)31(3)4,24-66-48(61)40-19-36-11-15-53(40,73-36)28-69-44(57)32(5)6)25-67-49(62)41-20-37-12-16-54(41,74-37)29-70-45(58)33(7)8/h9-16,34-41H,1,3,5,7,17-29H2,2,4,6,8H3. The summed E-state index contributed by atoms with van der Waals surface area (Å²) in [7, 11) is 0. The Bertz CT molecular complexity index is 2330. The Morgan fingerprint density at radius 2 is 0.703 bits per heavy atom. The van der Waals surface area contributed by atoms with Crippen molar-refractivity contribution in [1.29, 1.82) is 0 Å². The van der Waals surface area contributed by atoms with Crippen LogP contribution in [-0.4, -0.2) is 154 Å². The Balaban J connectivity index is 1.08. The third-order valence-corrected chi connectivity index (χ3v) is 14.7. The van der Waals surface area contributed by atoms with E-state index in [0.717, 1.165) is 0 Å². The summed E-state index contributed by atoms with van der Waals surface area (Å²) >= 11 is 0. The van der Waals surface area contributed by atoms with E-state index in [1.807, 2.05) is 0 Å². The lowest BCUT2D eigenvalue weighted by molar-refractivity contribution is -0.183. The van der Waals surface area contributed by atoms with Crippen molar-refractivity contribution < 1.29 is 95.2 Å². The fraction of sp³-hybridized carbons (Fsp3) is 0.556. The summed E-state index contributed by atoms with van der Waals surface area (Å²) in [5, 5.41) is 0. The summed E-state index contributed by atoms with van der Waals surface area (Å²) in [6, 6.07) is 0. The molecule has 4 saturated heterocycles. The van der Waals surface area contributed by atoms with Crippen molar-refractivity contribution in [2.24, 2.45) is 29.1 Å². The Hall–Kier alpha value is -6.32. The summed E-state index contributed by atoms with van der Waals surface area (Å²) < 4.78 is 71.1. The number of esters is 7. The molecule has 8 heterocycles. The van der Waals surface area contributed by atoms with Crippen molar-refractivity contribution in [3.63, 3.8) is 0 Å². The molecule has 8 aliphatic rings. The van der Waals surface area contributed by atoms with Crippen molar-refractivity contribution in [3.8, 4) is 0 Å². The second kappa shape index (κ2) is 21.1. The first kappa shape index (κ1) is 54.0. The topological polar surface area (TPSA) is 247 Å². The summed E-state index contributed by atoms with van der Waals surface area (Å²) in [6.07, 6.45) is 12.1. The number of ketones is 1. The van der Waals surface area contributed by atoms with E-state index in [0.29, 0.717) is 0 Å². The van der Waals surface area contributed by atoms with E-state index >= 15 is 0 Å². The molecule has 12 unspecified atom stereocenters. The lowest BCUT2D eigenvalue weighted by atomic mass is 9.82. The van der Waals surface area contributed by atoms with Crippen molar-refractivity contribution in [2.75, 3.05) is 59.5 Å². The number of carbonyl (C=O) groups is 8. The summed E-state index contributed by atoms with van der Waals surface area (Å²) in [4.78, 5) is 108. The molecule has 0 amide bonds. The summed E-state index contributed by atoms with van der Waals surface area (Å²) in [5.74, 6) is -9.73. The molecule has 0 radical (unpaired) electrons. The van der Waals surface area contributed by atoms with Crippen LogP contribution < -0.4 is 0 Å². The minimum absolute atomic E-state index is 0.128. The molecule has 0 N–H and O–H groups in total. The Kier molecular flexibility index (Phi) is 15.4. The van der Waals surface area contributed by atoms with Crippen molar-refractivity contribution >= 4 is 47.6 Å². The van der Waals surface area contributed by atoms with E-state index in [1.54, 1.807) is 55.5 Å². The maximum absolute atomic E-state index is 14.4. The summed E-state index contributed by atoms with van der Waals surface area (Å²) in [6.45, 7) is 16.2. The number of rotatable bonds is 26. The van der Waals surface area contributed by atoms with E-state index in [-0.39, 0.29) is 86.8 Å². The third-order valence-electron chi connectivity index (χ3n) is 14.7. The van der Waals surface area contributed by atoms with Gasteiger partial charge >= 0.3 is 41.8 Å². The van der Waals surface area contributed by atoms with Crippen molar-refractivity contribution in [1.82, 2.24) is 0 Å². The van der Waals surface area contributed by atoms with E-state index < -0.39 is 144 Å². The first-order valence-electron chi connectivity index (χ1n) is 24.4. The highest BCUT2D eigenvalue weighted by Gasteiger charge is 2.60. The van der Waals surface area contributed by atoms with Crippen LogP contribution in [0.1, 0.15) is 53.4 Å². The maximum atomic E-state index is 14.4. The fourth-order valence-corrected chi connectivity index (χ4v) is 10.3. The van der Waals surface area contributed by atoms with Crippen LogP contribution in [0.5, 0.6) is 0 Å². The van der Waals surface area contributed by atoms with E-state index in [2.05, 4.69) is 26.3 Å². The zero-order valence-electron chi connectivity index (χ0n) is 41.9. The molecule has 0 aromatic carbocycles. The molecule has 0 spiro atoms. The lowest BCUT2D eigenvalue weighted by Gasteiger charge is -2.36. The van der Waals surface area contributed by atoms with Gasteiger partial charge in [-0.25, -0.2) is 14.4 Å². The van der Waals surface area contributed by atoms with Gasteiger partial charge in [0.15, 0.2) is 5.78 Å². The number of fused-ring (bicyclic) bond motifs is 8. The van der Waals surface area contributed by atoms with Crippen LogP contribution in [0.4, 0.5) is 0 Å². The Morgan fingerprint density at radius 3 is 0.946 bits per heavy atom. The molecule has 20 nitrogen and oxygen atoms in total. The van der Waals surface area contributed by atoms with E-state index in [9.17, 15) is 38.4 Å². The number of hydrogen-bond acceptors (Lipinski definition) is 20. The first-order chi connectivity index (χ1) is 35.0. The molecule has 0 aromatic rings. The van der Waals surface area contributed by atoms with E-state index in [4.69, 9.17) is 56.8 Å². The van der Waals surface area contributed by atoms with Gasteiger partial charge in [0.25, 0.3) is 0 Å². The van der Waals surface area contributed by atoms with Gasteiger partial charge < -0.3 is 56.8 Å². The molecule has 8 bridgehead atoms. The molecule has 74 heavy (non-hydrogen) atoms. The average molecular weight is 1030 g/mol. The number of ether oxygens (including phenoxy) is 12. The van der Waals surface area contributed by atoms with Crippen LogP contribution in [-0.2, 0) is 95.2 Å². The van der Waals surface area contributed by atoms with Gasteiger partial charge in [0, 0.05) is 16.7 Å². The monoisotopic (exact) mass is 1030 g/mol. The average Bonchev–Trinajstić information content (AvgIpc) is 4.27. The van der Waals surface area contributed by atoms with Gasteiger partial charge in [0.1, 0.15) is 80.7 Å². The molecule has 0 saturated carbocycles. The normalized spacial score (nSPS) is 33.5. The van der Waals surface area contributed by atoms with Crippen LogP contribution in [0.15, 0.2) is 97.2 Å². The Morgan fingerprint density at radius 1 is 0.432 bits per heavy atom. The highest BCUT2D eigenvalue weighted by molar-refractivity contribution is 5.95. The van der Waals surface area contributed by atoms with Gasteiger partial charge in [-0.2, -0.15) is 0 Å². The number of hydrogen-bond donors (Lipinski definition) is 0. The molecule has 0 aliphatic carbocycles. The van der Waals surface area contributed by atoms with Crippen LogP contribution >= 0.6 is 0 Å². The molecule has 0 aromatic heterocycles. The first-order valence-corrected chi connectivity index (χ1v) is 24.4. The van der Waals surface area contributed by atoms with Gasteiger partial charge in [-0.05, 0) is 77.2 Å². The Labute approximate surface area is 427 Å². The molecule has 20 heteroatoms. The SMILES string of the molecule is C=C(C)C(=O)COCC12C=CC(CC1C(=O)OCC(COC(=O)C1CC3C=CC1(COC(=O)C(=C)C)O3)(COC(=O)C1CC3C=CC1(COC(=O)C(=C)C)O3)COC(=O)C1CC3C=CC1(COC(=O)C(=C)C)O3)O2. The maximum Gasteiger partial charge on any atom is 0.333 e. The molecule has 8 aliphatic heterocycles. The van der Waals surface area contributed by atoms with Gasteiger partial charge in [-0.1, -0.05) is 56.7 Å². The summed E-state index contributed by atoms with van der Waals surface area (Å²) in [5.41, 5.74) is -6.74. The van der Waals surface area contributed by atoms with Gasteiger partial charge in [-0.15, -0.1) is 0 Å². The number of carbonyl (C=O) groups excluding carboxylic acids is 8. The quantitative estimate of drug-likeness (QED) is 0.0520. The molecule has 8 rings (SSSR count). The van der Waals surface area contributed by atoms with E-state index in [1.165, 1.54) is 20.8 Å². The third kappa shape index (κ3) is 10.9. The van der Waals surface area contributed by atoms with Gasteiger partial charge in [0.2, 0.25) is 0 Å². The van der Waals surface area contributed by atoms with Gasteiger partial charge in [0.05, 0.1) is 54.7 Å². The zero-order chi connectivity index (χ0) is 53.4. The number of Topliss-reactive ketones (excluding diaryl/α,β-unsaturated/α-hetero) is 1. The molecule has 4 fully saturated rings. The van der Waals surface area contributed by atoms with Crippen LogP contribution in [0.2, 0.25) is 0 Å². The minimum Gasteiger partial charge on any atom is -0.464 e. The molecule has 398 valence electrons. The van der Waals surface area contributed by atoms with Crippen LogP contribution in [0.3, 0.4) is 0 Å². The minimum atomic E-state index is -1.86.